The van der Waals surface area contributed by atoms with Crippen molar-refractivity contribution in [3.63, 3.8) is 0 Å². The Morgan fingerprint density at radius 1 is 1.21 bits per heavy atom. The van der Waals surface area contributed by atoms with Crippen LogP contribution in [0.5, 0.6) is 0 Å². The van der Waals surface area contributed by atoms with Crippen molar-refractivity contribution in [2.24, 2.45) is 0 Å². The van der Waals surface area contributed by atoms with Gasteiger partial charge in [0.15, 0.2) is 5.82 Å². The Labute approximate surface area is 115 Å². The predicted molar refractivity (Wildman–Crippen MR) is 75.3 cm³/mol. The molecule has 2 aliphatic carbocycles. The van der Waals surface area contributed by atoms with Gasteiger partial charge in [0, 0.05) is 31.8 Å². The summed E-state index contributed by atoms with van der Waals surface area (Å²) in [7, 11) is 3.70. The van der Waals surface area contributed by atoms with Crippen LogP contribution < -0.4 is 5.32 Å². The Balaban J connectivity index is 1.97. The summed E-state index contributed by atoms with van der Waals surface area (Å²) in [6.45, 7) is 0. The van der Waals surface area contributed by atoms with Gasteiger partial charge in [0.25, 0.3) is 0 Å². The number of hydrogen-bond acceptors (Lipinski definition) is 4. The van der Waals surface area contributed by atoms with Crippen LogP contribution in [0, 0.1) is 0 Å². The van der Waals surface area contributed by atoms with Crippen molar-refractivity contribution < 1.29 is 4.74 Å². The van der Waals surface area contributed by atoms with Crippen LogP contribution in [-0.2, 0) is 10.3 Å². The molecular formula is C15H23N3O. The molecule has 1 N–H and O–H groups in total. The molecule has 0 bridgehead atoms. The van der Waals surface area contributed by atoms with E-state index in [2.05, 4.69) is 16.4 Å². The summed E-state index contributed by atoms with van der Waals surface area (Å²) in [6.07, 6.45) is 8.48. The van der Waals surface area contributed by atoms with Gasteiger partial charge in [-0.1, -0.05) is 12.8 Å². The van der Waals surface area contributed by atoms with Gasteiger partial charge < -0.3 is 10.1 Å². The maximum atomic E-state index is 5.72. The Kier molecular flexibility index (Phi) is 3.44. The number of hydrogen-bond donors (Lipinski definition) is 1. The minimum Gasteiger partial charge on any atom is -0.373 e. The van der Waals surface area contributed by atoms with E-state index in [0.29, 0.717) is 5.92 Å². The fraction of sp³-hybridized carbons (Fsp3) is 0.733. The lowest BCUT2D eigenvalue weighted by molar-refractivity contribution is -0.0847. The van der Waals surface area contributed by atoms with Crippen LogP contribution in [-0.4, -0.2) is 24.1 Å². The van der Waals surface area contributed by atoms with Crippen molar-refractivity contribution in [2.75, 3.05) is 19.5 Å². The molecule has 1 aromatic heterocycles. The second-order valence-corrected chi connectivity index (χ2v) is 5.79. The van der Waals surface area contributed by atoms with Crippen molar-refractivity contribution >= 4 is 5.82 Å². The quantitative estimate of drug-likeness (QED) is 0.904. The highest BCUT2D eigenvalue weighted by molar-refractivity contribution is 5.37. The Hall–Kier alpha value is -1.16. The summed E-state index contributed by atoms with van der Waals surface area (Å²) in [6, 6.07) is 2.11. The van der Waals surface area contributed by atoms with Crippen LogP contribution in [0.2, 0.25) is 0 Å². The number of anilines is 1. The van der Waals surface area contributed by atoms with E-state index in [1.54, 1.807) is 7.11 Å². The van der Waals surface area contributed by atoms with Gasteiger partial charge in [0.1, 0.15) is 11.4 Å². The number of methoxy groups -OCH3 is 1. The molecule has 0 saturated heterocycles. The van der Waals surface area contributed by atoms with Gasteiger partial charge in [-0.15, -0.1) is 0 Å². The zero-order valence-corrected chi connectivity index (χ0v) is 11.9. The minimum atomic E-state index is -0.222. The largest absolute Gasteiger partial charge is 0.373 e. The highest BCUT2D eigenvalue weighted by atomic mass is 16.5. The number of ether oxygens (including phenoxy) is 1. The molecule has 0 unspecified atom stereocenters. The lowest BCUT2D eigenvalue weighted by Gasteiger charge is -2.39. The molecule has 1 heterocycles. The maximum Gasteiger partial charge on any atom is 0.162 e. The fourth-order valence-electron chi connectivity index (χ4n) is 3.25. The third-order valence-electron chi connectivity index (χ3n) is 4.74. The molecule has 1 aromatic rings. The maximum absolute atomic E-state index is 5.72. The van der Waals surface area contributed by atoms with Crippen LogP contribution in [0.1, 0.15) is 62.4 Å². The van der Waals surface area contributed by atoms with Gasteiger partial charge in [-0.3, -0.25) is 0 Å². The van der Waals surface area contributed by atoms with Crippen molar-refractivity contribution in [1.29, 1.82) is 0 Å². The molecule has 0 aliphatic heterocycles. The Bertz CT molecular complexity index is 445. The molecule has 104 valence electrons. The van der Waals surface area contributed by atoms with E-state index < -0.39 is 0 Å². The second kappa shape index (κ2) is 5.08. The fourth-order valence-corrected chi connectivity index (χ4v) is 3.25. The van der Waals surface area contributed by atoms with Crippen LogP contribution in [0.3, 0.4) is 0 Å². The molecule has 2 saturated carbocycles. The highest BCUT2D eigenvalue weighted by Crippen LogP contribution is 2.44. The Morgan fingerprint density at radius 2 is 1.95 bits per heavy atom. The average Bonchev–Trinajstić information content (AvgIpc) is 2.91. The van der Waals surface area contributed by atoms with Crippen LogP contribution in [0.4, 0.5) is 5.82 Å². The molecule has 0 spiro atoms. The van der Waals surface area contributed by atoms with E-state index >= 15 is 0 Å². The molecule has 0 radical (unpaired) electrons. The zero-order chi connectivity index (χ0) is 13.3. The van der Waals surface area contributed by atoms with E-state index in [-0.39, 0.29) is 5.60 Å². The van der Waals surface area contributed by atoms with Gasteiger partial charge in [0.2, 0.25) is 0 Å². The molecule has 3 rings (SSSR count). The lowest BCUT2D eigenvalue weighted by Crippen LogP contribution is -2.38. The molecule has 2 fully saturated rings. The number of aromatic nitrogens is 2. The molecule has 19 heavy (non-hydrogen) atoms. The Morgan fingerprint density at radius 3 is 2.47 bits per heavy atom. The van der Waals surface area contributed by atoms with Gasteiger partial charge in [-0.2, -0.15) is 0 Å². The minimum absolute atomic E-state index is 0.222. The van der Waals surface area contributed by atoms with E-state index in [4.69, 9.17) is 9.72 Å². The van der Waals surface area contributed by atoms with Gasteiger partial charge in [0.05, 0.1) is 0 Å². The van der Waals surface area contributed by atoms with E-state index in [1.165, 1.54) is 37.8 Å². The van der Waals surface area contributed by atoms with Gasteiger partial charge in [-0.25, -0.2) is 9.97 Å². The van der Waals surface area contributed by atoms with Crippen LogP contribution >= 0.6 is 0 Å². The first kappa shape index (κ1) is 12.9. The average molecular weight is 261 g/mol. The van der Waals surface area contributed by atoms with Crippen molar-refractivity contribution in [2.45, 2.75) is 56.5 Å². The van der Waals surface area contributed by atoms with Crippen LogP contribution in [0.15, 0.2) is 6.07 Å². The summed E-state index contributed by atoms with van der Waals surface area (Å²) >= 11 is 0. The highest BCUT2D eigenvalue weighted by Gasteiger charge is 2.42. The van der Waals surface area contributed by atoms with E-state index in [1.807, 2.05) is 7.05 Å². The third-order valence-corrected chi connectivity index (χ3v) is 4.74. The summed E-state index contributed by atoms with van der Waals surface area (Å²) in [5.41, 5.74) is 0.982. The van der Waals surface area contributed by atoms with Crippen molar-refractivity contribution in [3.05, 3.63) is 17.6 Å². The lowest BCUT2D eigenvalue weighted by atomic mass is 9.79. The topological polar surface area (TPSA) is 47.0 Å². The van der Waals surface area contributed by atoms with Crippen molar-refractivity contribution in [1.82, 2.24) is 9.97 Å². The normalized spacial score (nSPS) is 22.2. The van der Waals surface area contributed by atoms with E-state index in [9.17, 15) is 0 Å². The summed E-state index contributed by atoms with van der Waals surface area (Å²) < 4.78 is 5.72. The molecule has 0 atom stereocenters. The van der Waals surface area contributed by atoms with Crippen LogP contribution in [0.25, 0.3) is 0 Å². The smallest absolute Gasteiger partial charge is 0.162 e. The molecule has 0 amide bonds. The monoisotopic (exact) mass is 261 g/mol. The first-order valence-electron chi connectivity index (χ1n) is 7.40. The second-order valence-electron chi connectivity index (χ2n) is 5.79. The number of nitrogens with one attached hydrogen (secondary N) is 1. The molecule has 0 aromatic carbocycles. The summed E-state index contributed by atoms with van der Waals surface area (Å²) in [5.74, 6) is 2.42. The van der Waals surface area contributed by atoms with Gasteiger partial charge >= 0.3 is 0 Å². The van der Waals surface area contributed by atoms with E-state index in [0.717, 1.165) is 24.5 Å². The standard InChI is InChI=1S/C15H23N3O/c1-16-13-10-12(11-6-3-4-7-11)17-14(18-13)15(19-2)8-5-9-15/h10-11H,3-9H2,1-2H3,(H,16,17,18). The SMILES string of the molecule is CNc1cc(C2CCCC2)nc(C2(OC)CCC2)n1. The third kappa shape index (κ3) is 2.22. The zero-order valence-electron chi connectivity index (χ0n) is 11.9. The molecule has 4 heteroatoms. The molecule has 2 aliphatic rings. The predicted octanol–water partition coefficient (Wildman–Crippen LogP) is 3.20. The van der Waals surface area contributed by atoms with Crippen molar-refractivity contribution in [3.8, 4) is 0 Å². The first-order valence-corrected chi connectivity index (χ1v) is 7.40. The molecule has 4 nitrogen and oxygen atoms in total. The molecular weight excluding hydrogens is 238 g/mol. The summed E-state index contributed by atoms with van der Waals surface area (Å²) in [4.78, 5) is 9.49. The first-order chi connectivity index (χ1) is 9.27. The summed E-state index contributed by atoms with van der Waals surface area (Å²) in [5, 5.41) is 3.17. The number of rotatable bonds is 4. The van der Waals surface area contributed by atoms with Gasteiger partial charge in [-0.05, 0) is 32.1 Å². The number of nitrogens with zero attached hydrogens (tertiary/aromatic N) is 2.